The van der Waals surface area contributed by atoms with Crippen LogP contribution in [-0.2, 0) is 6.42 Å². The standard InChI is InChI=1S/C11H13BrFNO3/c1-11(2,15)4-3-7-5-8(12)6-9(13)10(7)14(16)17/h5-6,15H,3-4H2,1-2H3. The average Bonchev–Trinajstić information content (AvgIpc) is 2.11. The lowest BCUT2D eigenvalue weighted by Gasteiger charge is -2.16. The Kier molecular flexibility index (Phi) is 4.21. The Morgan fingerprint density at radius 3 is 2.59 bits per heavy atom. The van der Waals surface area contributed by atoms with Crippen LogP contribution in [0, 0.1) is 15.9 Å². The molecule has 0 atom stereocenters. The van der Waals surface area contributed by atoms with E-state index in [1.807, 2.05) is 0 Å². The number of benzene rings is 1. The van der Waals surface area contributed by atoms with E-state index in [-0.39, 0.29) is 12.0 Å². The van der Waals surface area contributed by atoms with E-state index < -0.39 is 22.0 Å². The molecule has 4 nitrogen and oxygen atoms in total. The lowest BCUT2D eigenvalue weighted by atomic mass is 9.98. The highest BCUT2D eigenvalue weighted by Crippen LogP contribution is 2.29. The van der Waals surface area contributed by atoms with Crippen molar-refractivity contribution in [1.82, 2.24) is 0 Å². The first kappa shape index (κ1) is 14.1. The lowest BCUT2D eigenvalue weighted by Crippen LogP contribution is -2.19. The lowest BCUT2D eigenvalue weighted by molar-refractivity contribution is -0.388. The minimum Gasteiger partial charge on any atom is -0.390 e. The van der Waals surface area contributed by atoms with Gasteiger partial charge in [-0.15, -0.1) is 0 Å². The van der Waals surface area contributed by atoms with Gasteiger partial charge in [-0.05, 0) is 38.8 Å². The predicted octanol–water partition coefficient (Wildman–Crippen LogP) is 3.20. The molecule has 1 rings (SSSR count). The van der Waals surface area contributed by atoms with Gasteiger partial charge in [0, 0.05) is 10.0 Å². The first-order valence-electron chi connectivity index (χ1n) is 5.05. The van der Waals surface area contributed by atoms with Crippen molar-refractivity contribution in [2.45, 2.75) is 32.3 Å². The Hall–Kier alpha value is -1.01. The van der Waals surface area contributed by atoms with Crippen LogP contribution in [-0.4, -0.2) is 15.6 Å². The second kappa shape index (κ2) is 5.10. The number of rotatable bonds is 4. The van der Waals surface area contributed by atoms with E-state index in [1.165, 1.54) is 6.07 Å². The predicted molar refractivity (Wildman–Crippen MR) is 65.4 cm³/mol. The van der Waals surface area contributed by atoms with E-state index in [4.69, 9.17) is 0 Å². The highest BCUT2D eigenvalue weighted by Gasteiger charge is 2.23. The van der Waals surface area contributed by atoms with Gasteiger partial charge in [0.1, 0.15) is 0 Å². The fourth-order valence-corrected chi connectivity index (χ4v) is 1.93. The molecule has 0 spiro atoms. The minimum atomic E-state index is -0.938. The molecule has 94 valence electrons. The van der Waals surface area contributed by atoms with Crippen molar-refractivity contribution in [2.24, 2.45) is 0 Å². The van der Waals surface area contributed by atoms with Crippen LogP contribution in [0.5, 0.6) is 0 Å². The van der Waals surface area contributed by atoms with Gasteiger partial charge < -0.3 is 5.11 Å². The summed E-state index contributed by atoms with van der Waals surface area (Å²) in [5.74, 6) is -0.866. The van der Waals surface area contributed by atoms with Crippen molar-refractivity contribution in [1.29, 1.82) is 0 Å². The Labute approximate surface area is 107 Å². The van der Waals surface area contributed by atoms with Gasteiger partial charge in [0.2, 0.25) is 5.82 Å². The largest absolute Gasteiger partial charge is 0.390 e. The average molecular weight is 306 g/mol. The number of aryl methyl sites for hydroxylation is 1. The van der Waals surface area contributed by atoms with Crippen molar-refractivity contribution >= 4 is 21.6 Å². The molecule has 0 saturated heterocycles. The van der Waals surface area contributed by atoms with Crippen LogP contribution < -0.4 is 0 Å². The highest BCUT2D eigenvalue weighted by molar-refractivity contribution is 9.10. The van der Waals surface area contributed by atoms with Crippen LogP contribution >= 0.6 is 15.9 Å². The first-order valence-corrected chi connectivity index (χ1v) is 5.85. The van der Waals surface area contributed by atoms with Gasteiger partial charge in [-0.1, -0.05) is 15.9 Å². The molecule has 1 aromatic carbocycles. The van der Waals surface area contributed by atoms with Crippen molar-refractivity contribution < 1.29 is 14.4 Å². The third kappa shape index (κ3) is 4.05. The smallest absolute Gasteiger partial charge is 0.308 e. The number of hydrogen-bond acceptors (Lipinski definition) is 3. The quantitative estimate of drug-likeness (QED) is 0.686. The summed E-state index contributed by atoms with van der Waals surface area (Å²) in [5.41, 5.74) is -1.17. The van der Waals surface area contributed by atoms with Gasteiger partial charge in [0.15, 0.2) is 0 Å². The number of nitro benzene ring substituents is 1. The molecule has 17 heavy (non-hydrogen) atoms. The molecule has 0 aliphatic heterocycles. The summed E-state index contributed by atoms with van der Waals surface area (Å²) in [6.07, 6.45) is 0.569. The topological polar surface area (TPSA) is 63.4 Å². The van der Waals surface area contributed by atoms with Gasteiger partial charge in [-0.2, -0.15) is 4.39 Å². The van der Waals surface area contributed by atoms with E-state index >= 15 is 0 Å². The molecule has 1 aromatic rings. The Bertz CT molecular complexity index is 443. The summed E-state index contributed by atoms with van der Waals surface area (Å²) >= 11 is 3.09. The number of halogens is 2. The third-order valence-electron chi connectivity index (χ3n) is 2.30. The van der Waals surface area contributed by atoms with Gasteiger partial charge in [0.25, 0.3) is 0 Å². The molecule has 0 unspecified atom stereocenters. The molecule has 6 heteroatoms. The monoisotopic (exact) mass is 305 g/mol. The van der Waals surface area contributed by atoms with Crippen molar-refractivity contribution in [3.63, 3.8) is 0 Å². The summed E-state index contributed by atoms with van der Waals surface area (Å²) in [5, 5.41) is 20.3. The Balaban J connectivity index is 3.09. The first-order chi connectivity index (χ1) is 7.70. The Morgan fingerprint density at radius 2 is 2.12 bits per heavy atom. The second-order valence-electron chi connectivity index (χ2n) is 4.46. The highest BCUT2D eigenvalue weighted by atomic mass is 79.9. The van der Waals surface area contributed by atoms with Gasteiger partial charge in [-0.25, -0.2) is 0 Å². The molecule has 0 fully saturated rings. The number of hydrogen-bond donors (Lipinski definition) is 1. The summed E-state index contributed by atoms with van der Waals surface area (Å²) < 4.78 is 13.9. The van der Waals surface area contributed by atoms with Gasteiger partial charge in [-0.3, -0.25) is 10.1 Å². The maximum absolute atomic E-state index is 13.4. The fraction of sp³-hybridized carbons (Fsp3) is 0.455. The van der Waals surface area contributed by atoms with Crippen LogP contribution in [0.1, 0.15) is 25.8 Å². The van der Waals surface area contributed by atoms with E-state index in [0.29, 0.717) is 10.9 Å². The molecule has 0 amide bonds. The van der Waals surface area contributed by atoms with Gasteiger partial charge in [0.05, 0.1) is 10.5 Å². The molecule has 1 N–H and O–H groups in total. The normalized spacial score (nSPS) is 11.6. The SMILES string of the molecule is CC(C)(O)CCc1cc(Br)cc(F)c1[N+](=O)[O-]. The molecule has 0 radical (unpaired) electrons. The maximum Gasteiger partial charge on any atom is 0.308 e. The zero-order chi connectivity index (χ0) is 13.2. The van der Waals surface area contributed by atoms with Crippen LogP contribution in [0.15, 0.2) is 16.6 Å². The summed E-state index contributed by atoms with van der Waals surface area (Å²) in [6.45, 7) is 3.21. The number of nitrogens with zero attached hydrogens (tertiary/aromatic N) is 1. The van der Waals surface area contributed by atoms with Crippen molar-refractivity contribution in [2.75, 3.05) is 0 Å². The van der Waals surface area contributed by atoms with E-state index in [9.17, 15) is 19.6 Å². The molecular formula is C11H13BrFNO3. The van der Waals surface area contributed by atoms with Gasteiger partial charge >= 0.3 is 5.69 Å². The van der Waals surface area contributed by atoms with E-state index in [0.717, 1.165) is 6.07 Å². The zero-order valence-electron chi connectivity index (χ0n) is 9.54. The van der Waals surface area contributed by atoms with Crippen LogP contribution in [0.2, 0.25) is 0 Å². The van der Waals surface area contributed by atoms with E-state index in [1.54, 1.807) is 13.8 Å². The Morgan fingerprint density at radius 1 is 1.53 bits per heavy atom. The third-order valence-corrected chi connectivity index (χ3v) is 2.75. The molecule has 0 saturated carbocycles. The van der Waals surface area contributed by atoms with Crippen LogP contribution in [0.25, 0.3) is 0 Å². The zero-order valence-corrected chi connectivity index (χ0v) is 11.1. The molecule has 0 aromatic heterocycles. The molecule has 0 heterocycles. The minimum absolute atomic E-state index is 0.246. The summed E-state index contributed by atoms with van der Waals surface area (Å²) in [7, 11) is 0. The number of aliphatic hydroxyl groups is 1. The molecule has 0 aliphatic rings. The summed E-state index contributed by atoms with van der Waals surface area (Å²) in [6, 6.07) is 2.57. The van der Waals surface area contributed by atoms with Crippen molar-refractivity contribution in [3.05, 3.63) is 38.1 Å². The molecular weight excluding hydrogens is 293 g/mol. The van der Waals surface area contributed by atoms with Crippen molar-refractivity contribution in [3.8, 4) is 0 Å². The fourth-order valence-electron chi connectivity index (χ4n) is 1.45. The summed E-state index contributed by atoms with van der Waals surface area (Å²) in [4.78, 5) is 10.0. The molecule has 0 bridgehead atoms. The second-order valence-corrected chi connectivity index (χ2v) is 5.38. The van der Waals surface area contributed by atoms with Crippen LogP contribution in [0.3, 0.4) is 0 Å². The van der Waals surface area contributed by atoms with Crippen LogP contribution in [0.4, 0.5) is 10.1 Å². The maximum atomic E-state index is 13.4. The van der Waals surface area contributed by atoms with E-state index in [2.05, 4.69) is 15.9 Å². The number of nitro groups is 1. The molecule has 0 aliphatic carbocycles.